The Labute approximate surface area is 186 Å². The van der Waals surface area contributed by atoms with E-state index in [1.807, 2.05) is 30.3 Å². The van der Waals surface area contributed by atoms with E-state index in [1.54, 1.807) is 12.1 Å². The van der Waals surface area contributed by atoms with Crippen molar-refractivity contribution in [2.45, 2.75) is 39.0 Å². The van der Waals surface area contributed by atoms with Crippen LogP contribution in [0.4, 0.5) is 5.69 Å². The van der Waals surface area contributed by atoms with E-state index in [0.717, 1.165) is 71.7 Å². The van der Waals surface area contributed by atoms with Crippen LogP contribution in [-0.4, -0.2) is 17.6 Å². The summed E-state index contributed by atoms with van der Waals surface area (Å²) in [6, 6.07) is 14.9. The average molecular weight is 427 g/mol. The van der Waals surface area contributed by atoms with Crippen LogP contribution < -0.4 is 21.0 Å². The molecule has 0 saturated carbocycles. The number of nitrogens with two attached hydrogens (primary N) is 1. The van der Waals surface area contributed by atoms with Crippen molar-refractivity contribution in [3.05, 3.63) is 86.9 Å². The van der Waals surface area contributed by atoms with Gasteiger partial charge in [0.25, 0.3) is 0 Å². The highest BCUT2D eigenvalue weighted by molar-refractivity contribution is 5.98. The lowest BCUT2D eigenvalue weighted by atomic mass is 9.87. The van der Waals surface area contributed by atoms with Crippen LogP contribution in [-0.2, 0) is 12.8 Å². The standard InChI is InChI=1S/C27H26N2O3/c1-2-3-7-16-14-22-24(18-8-4-5-9-19(18)27(30)31)20-12-11-17(28)15-23(20)32-26(22)21-10-6-13-29-25(16)21/h4-5,8-9,11-12,14-15H,2-3,6-7,10,13,28H2,1H3,(H,30,31). The molecule has 0 aromatic heterocycles. The van der Waals surface area contributed by atoms with Gasteiger partial charge in [-0.2, -0.15) is 0 Å². The Bertz CT molecular complexity index is 1360. The molecule has 0 bridgehead atoms. The molecule has 0 fully saturated rings. The minimum Gasteiger partial charge on any atom is -0.478 e. The van der Waals surface area contributed by atoms with Crippen LogP contribution in [0.15, 0.2) is 53.5 Å². The zero-order chi connectivity index (χ0) is 22.2. The first-order valence-corrected chi connectivity index (χ1v) is 11.2. The minimum absolute atomic E-state index is 0.274. The highest BCUT2D eigenvalue weighted by Gasteiger charge is 2.27. The van der Waals surface area contributed by atoms with Crippen molar-refractivity contribution >= 4 is 17.2 Å². The number of hydrogen-bond donors (Lipinski definition) is 2. The summed E-state index contributed by atoms with van der Waals surface area (Å²) < 4.78 is 6.46. The number of benzene rings is 3. The molecule has 32 heavy (non-hydrogen) atoms. The van der Waals surface area contributed by atoms with E-state index in [1.165, 1.54) is 5.56 Å². The second-order valence-electron chi connectivity index (χ2n) is 8.41. The van der Waals surface area contributed by atoms with Gasteiger partial charge in [-0.3, -0.25) is 4.99 Å². The second kappa shape index (κ2) is 8.15. The van der Waals surface area contributed by atoms with Crippen LogP contribution in [0.1, 0.15) is 58.8 Å². The van der Waals surface area contributed by atoms with Gasteiger partial charge in [0.05, 0.1) is 10.9 Å². The SMILES string of the molecule is CCCCc1cc2c(c3c1=NCCC3)Oc1cc(N)ccc1C=2c1ccccc1C(=O)O. The lowest BCUT2D eigenvalue weighted by molar-refractivity contribution is 0.0696. The highest BCUT2D eigenvalue weighted by atomic mass is 16.5. The van der Waals surface area contributed by atoms with E-state index in [-0.39, 0.29) is 5.56 Å². The van der Waals surface area contributed by atoms with E-state index in [9.17, 15) is 9.90 Å². The molecule has 5 heteroatoms. The van der Waals surface area contributed by atoms with Gasteiger partial charge >= 0.3 is 5.97 Å². The Morgan fingerprint density at radius 2 is 2.00 bits per heavy atom. The Kier molecular flexibility index (Phi) is 5.17. The molecule has 0 aliphatic carbocycles. The van der Waals surface area contributed by atoms with Crippen LogP contribution in [0, 0.1) is 0 Å². The molecule has 0 radical (unpaired) electrons. The van der Waals surface area contributed by atoms with Gasteiger partial charge in [0.2, 0.25) is 0 Å². The van der Waals surface area contributed by atoms with Gasteiger partial charge in [-0.05, 0) is 61.1 Å². The van der Waals surface area contributed by atoms with E-state index >= 15 is 0 Å². The monoisotopic (exact) mass is 426 g/mol. The molecule has 2 aliphatic heterocycles. The maximum Gasteiger partial charge on any atom is 0.336 e. The van der Waals surface area contributed by atoms with E-state index in [2.05, 4.69) is 13.0 Å². The number of rotatable bonds is 5. The predicted molar refractivity (Wildman–Crippen MR) is 125 cm³/mol. The van der Waals surface area contributed by atoms with Crippen molar-refractivity contribution in [2.75, 3.05) is 12.3 Å². The van der Waals surface area contributed by atoms with Crippen molar-refractivity contribution in [2.24, 2.45) is 4.99 Å². The number of nitrogens with zero attached hydrogens (tertiary/aromatic N) is 1. The normalized spacial score (nSPS) is 14.0. The zero-order valence-corrected chi connectivity index (χ0v) is 18.1. The first-order chi connectivity index (χ1) is 15.6. The molecule has 3 aromatic rings. The fraction of sp³-hybridized carbons (Fsp3) is 0.259. The summed E-state index contributed by atoms with van der Waals surface area (Å²) in [5, 5.41) is 11.9. The maximum absolute atomic E-state index is 12.1. The first kappa shape index (κ1) is 20.3. The molecule has 5 rings (SSSR count). The van der Waals surface area contributed by atoms with E-state index in [4.69, 9.17) is 15.5 Å². The maximum atomic E-state index is 12.1. The average Bonchev–Trinajstić information content (AvgIpc) is 2.81. The number of carbonyl (C=O) groups is 1. The fourth-order valence-electron chi connectivity index (χ4n) is 4.77. The molecule has 0 spiro atoms. The molecule has 5 nitrogen and oxygen atoms in total. The van der Waals surface area contributed by atoms with Gasteiger partial charge in [0.15, 0.2) is 0 Å². The summed E-state index contributed by atoms with van der Waals surface area (Å²) in [5.74, 6) is 0.496. The summed E-state index contributed by atoms with van der Waals surface area (Å²) >= 11 is 0. The number of fused-ring (bicyclic) bond motifs is 4. The van der Waals surface area contributed by atoms with Gasteiger partial charge in [-0.15, -0.1) is 0 Å². The molecular formula is C27H26N2O3. The topological polar surface area (TPSA) is 84.9 Å². The lowest BCUT2D eigenvalue weighted by Gasteiger charge is -2.26. The molecule has 3 aromatic carbocycles. The summed E-state index contributed by atoms with van der Waals surface area (Å²) in [6.45, 7) is 3.01. The van der Waals surface area contributed by atoms with Crippen molar-refractivity contribution in [3.63, 3.8) is 0 Å². The summed E-state index contributed by atoms with van der Waals surface area (Å²) in [4.78, 5) is 17.0. The first-order valence-electron chi connectivity index (χ1n) is 11.2. The minimum atomic E-state index is -0.947. The zero-order valence-electron chi connectivity index (χ0n) is 18.1. The molecule has 0 amide bonds. The Morgan fingerprint density at radius 1 is 1.16 bits per heavy atom. The van der Waals surface area contributed by atoms with Crippen molar-refractivity contribution < 1.29 is 14.6 Å². The van der Waals surface area contributed by atoms with Gasteiger partial charge in [-0.1, -0.05) is 31.5 Å². The van der Waals surface area contributed by atoms with Crippen LogP contribution in [0.2, 0.25) is 0 Å². The van der Waals surface area contributed by atoms with Crippen LogP contribution in [0.25, 0.3) is 5.57 Å². The Hall–Kier alpha value is -3.60. The molecule has 0 saturated heterocycles. The van der Waals surface area contributed by atoms with Crippen molar-refractivity contribution in [3.8, 4) is 11.5 Å². The van der Waals surface area contributed by atoms with Gasteiger partial charge < -0.3 is 15.6 Å². The molecule has 0 atom stereocenters. The second-order valence-corrected chi connectivity index (χ2v) is 8.41. The third-order valence-corrected chi connectivity index (χ3v) is 6.26. The van der Waals surface area contributed by atoms with Gasteiger partial charge in [0, 0.05) is 40.2 Å². The molecule has 0 unspecified atom stereocenters. The number of aryl methyl sites for hydroxylation is 1. The third kappa shape index (κ3) is 3.34. The number of carboxylic acid groups (broad SMARTS) is 1. The van der Waals surface area contributed by atoms with E-state index in [0.29, 0.717) is 17.0 Å². The number of anilines is 1. The third-order valence-electron chi connectivity index (χ3n) is 6.26. The number of nitrogen functional groups attached to an aromatic ring is 1. The van der Waals surface area contributed by atoms with Crippen molar-refractivity contribution in [1.29, 1.82) is 0 Å². The fourth-order valence-corrected chi connectivity index (χ4v) is 4.77. The van der Waals surface area contributed by atoms with Crippen molar-refractivity contribution in [1.82, 2.24) is 0 Å². The molecule has 2 aliphatic rings. The quantitative estimate of drug-likeness (QED) is 0.468. The Balaban J connectivity index is 1.93. The predicted octanol–water partition coefficient (Wildman–Crippen LogP) is 4.23. The molecule has 162 valence electrons. The number of unbranched alkanes of at least 4 members (excludes halogenated alkanes) is 1. The number of ether oxygens (including phenoxy) is 1. The summed E-state index contributed by atoms with van der Waals surface area (Å²) in [7, 11) is 0. The van der Waals surface area contributed by atoms with Crippen LogP contribution >= 0.6 is 0 Å². The summed E-state index contributed by atoms with van der Waals surface area (Å²) in [5.41, 5.74) is 11.7. The summed E-state index contributed by atoms with van der Waals surface area (Å²) in [6.07, 6.45) is 4.99. The van der Waals surface area contributed by atoms with Crippen LogP contribution in [0.3, 0.4) is 0 Å². The largest absolute Gasteiger partial charge is 0.478 e. The lowest BCUT2D eigenvalue weighted by Crippen LogP contribution is -2.30. The van der Waals surface area contributed by atoms with Gasteiger partial charge in [-0.25, -0.2) is 4.79 Å². The Morgan fingerprint density at radius 3 is 2.81 bits per heavy atom. The number of hydrogen-bond acceptors (Lipinski definition) is 4. The number of aromatic carboxylic acids is 1. The molecule has 3 N–H and O–H groups in total. The van der Waals surface area contributed by atoms with Gasteiger partial charge in [0.1, 0.15) is 11.5 Å². The highest BCUT2D eigenvalue weighted by Crippen LogP contribution is 2.39. The smallest absolute Gasteiger partial charge is 0.336 e. The molecule has 2 heterocycles. The number of carboxylic acids is 1. The van der Waals surface area contributed by atoms with Crippen LogP contribution in [0.5, 0.6) is 11.5 Å². The molecular weight excluding hydrogens is 400 g/mol. The van der Waals surface area contributed by atoms with E-state index < -0.39 is 5.97 Å².